The van der Waals surface area contributed by atoms with E-state index in [4.69, 9.17) is 4.42 Å². The van der Waals surface area contributed by atoms with Crippen molar-refractivity contribution in [3.63, 3.8) is 0 Å². The van der Waals surface area contributed by atoms with E-state index in [9.17, 15) is 4.79 Å². The van der Waals surface area contributed by atoms with E-state index < -0.39 is 0 Å². The first-order chi connectivity index (χ1) is 12.6. The van der Waals surface area contributed by atoms with Gasteiger partial charge in [-0.2, -0.15) is 0 Å². The predicted molar refractivity (Wildman–Crippen MR) is 102 cm³/mol. The number of aryl methyl sites for hydroxylation is 1. The van der Waals surface area contributed by atoms with Crippen LogP contribution in [0.4, 0.5) is 0 Å². The molecule has 26 heavy (non-hydrogen) atoms. The number of rotatable bonds is 3. The molecule has 130 valence electrons. The van der Waals surface area contributed by atoms with Crippen LogP contribution in [0.25, 0.3) is 33.3 Å². The number of fused-ring (bicyclic) bond motifs is 1. The molecule has 0 unspecified atom stereocenters. The molecular formula is C21H19N3O2. The van der Waals surface area contributed by atoms with Gasteiger partial charge in [-0.05, 0) is 44.0 Å². The van der Waals surface area contributed by atoms with Crippen molar-refractivity contribution in [2.45, 2.75) is 26.8 Å². The molecule has 0 saturated carbocycles. The van der Waals surface area contributed by atoms with Crippen LogP contribution < -0.4 is 5.56 Å². The minimum absolute atomic E-state index is 0.0136. The van der Waals surface area contributed by atoms with E-state index >= 15 is 0 Å². The molecule has 0 radical (unpaired) electrons. The lowest BCUT2D eigenvalue weighted by Crippen LogP contribution is -2.25. The van der Waals surface area contributed by atoms with Crippen LogP contribution in [-0.4, -0.2) is 14.5 Å². The first kappa shape index (κ1) is 16.3. The summed E-state index contributed by atoms with van der Waals surface area (Å²) in [7, 11) is 0. The average molecular weight is 345 g/mol. The fourth-order valence-electron chi connectivity index (χ4n) is 3.26. The van der Waals surface area contributed by atoms with E-state index in [1.807, 2.05) is 57.2 Å². The van der Waals surface area contributed by atoms with Crippen molar-refractivity contribution < 1.29 is 4.42 Å². The minimum Gasteiger partial charge on any atom is -0.472 e. The topological polar surface area (TPSA) is 60.9 Å². The van der Waals surface area contributed by atoms with Gasteiger partial charge in [-0.15, -0.1) is 0 Å². The van der Waals surface area contributed by atoms with Gasteiger partial charge in [0, 0.05) is 28.8 Å². The third-order valence-electron chi connectivity index (χ3n) is 4.46. The summed E-state index contributed by atoms with van der Waals surface area (Å²) in [6, 6.07) is 11.6. The SMILES string of the molecule is Cc1ncc2cc(-c3ccccc3-c3ccoc3)c(=O)n(C(C)C)c2n1. The van der Waals surface area contributed by atoms with E-state index in [-0.39, 0.29) is 11.6 Å². The molecule has 0 aliphatic heterocycles. The Balaban J connectivity index is 2.07. The zero-order valence-electron chi connectivity index (χ0n) is 14.9. The molecule has 3 aromatic heterocycles. The smallest absolute Gasteiger partial charge is 0.260 e. The fraction of sp³-hybridized carbons (Fsp3) is 0.190. The van der Waals surface area contributed by atoms with Gasteiger partial charge in [0.1, 0.15) is 11.5 Å². The lowest BCUT2D eigenvalue weighted by molar-refractivity contribution is 0.568. The third-order valence-corrected chi connectivity index (χ3v) is 4.46. The number of pyridine rings is 1. The zero-order chi connectivity index (χ0) is 18.3. The van der Waals surface area contributed by atoms with Crippen LogP contribution in [0.1, 0.15) is 25.7 Å². The lowest BCUT2D eigenvalue weighted by Gasteiger charge is -2.16. The van der Waals surface area contributed by atoms with Gasteiger partial charge in [0.05, 0.1) is 12.5 Å². The molecule has 0 saturated heterocycles. The maximum atomic E-state index is 13.3. The molecule has 0 aliphatic rings. The summed E-state index contributed by atoms with van der Waals surface area (Å²) < 4.78 is 6.97. The summed E-state index contributed by atoms with van der Waals surface area (Å²) in [4.78, 5) is 22.1. The third kappa shape index (κ3) is 2.62. The molecule has 0 atom stereocenters. The van der Waals surface area contributed by atoms with Gasteiger partial charge in [0.15, 0.2) is 0 Å². The highest BCUT2D eigenvalue weighted by molar-refractivity contribution is 5.87. The van der Waals surface area contributed by atoms with Crippen LogP contribution in [0.15, 0.2) is 64.3 Å². The number of hydrogen-bond acceptors (Lipinski definition) is 4. The second-order valence-electron chi connectivity index (χ2n) is 6.58. The van der Waals surface area contributed by atoms with Gasteiger partial charge in [-0.1, -0.05) is 24.3 Å². The monoisotopic (exact) mass is 345 g/mol. The summed E-state index contributed by atoms with van der Waals surface area (Å²) in [6.07, 6.45) is 5.10. The predicted octanol–water partition coefficient (Wildman–Crippen LogP) is 4.61. The highest BCUT2D eigenvalue weighted by Gasteiger charge is 2.17. The van der Waals surface area contributed by atoms with Gasteiger partial charge >= 0.3 is 0 Å². The Labute approximate surface area is 151 Å². The highest BCUT2D eigenvalue weighted by Crippen LogP contribution is 2.32. The number of hydrogen-bond donors (Lipinski definition) is 0. The van der Waals surface area contributed by atoms with Crippen LogP contribution in [0.3, 0.4) is 0 Å². The molecule has 0 spiro atoms. The normalized spacial score (nSPS) is 11.4. The molecule has 0 N–H and O–H groups in total. The molecule has 0 amide bonds. The van der Waals surface area contributed by atoms with Crippen molar-refractivity contribution in [1.82, 2.24) is 14.5 Å². The van der Waals surface area contributed by atoms with Crippen LogP contribution in [-0.2, 0) is 0 Å². The Morgan fingerprint density at radius 2 is 1.85 bits per heavy atom. The fourth-order valence-corrected chi connectivity index (χ4v) is 3.26. The quantitative estimate of drug-likeness (QED) is 0.544. The number of aromatic nitrogens is 3. The summed E-state index contributed by atoms with van der Waals surface area (Å²) in [5, 5.41) is 0.848. The molecule has 0 bridgehead atoms. The van der Waals surface area contributed by atoms with Gasteiger partial charge in [-0.3, -0.25) is 9.36 Å². The number of benzene rings is 1. The Kier molecular flexibility index (Phi) is 3.92. The molecule has 1 aromatic carbocycles. The van der Waals surface area contributed by atoms with Crippen molar-refractivity contribution in [2.24, 2.45) is 0 Å². The van der Waals surface area contributed by atoms with E-state index in [1.165, 1.54) is 0 Å². The standard InChI is InChI=1S/C21H19N3O2/c1-13(2)24-20-16(11-22-14(3)23-20)10-19(21(24)25)18-7-5-4-6-17(18)15-8-9-26-12-15/h4-13H,1-3H3. The molecule has 3 heterocycles. The largest absolute Gasteiger partial charge is 0.472 e. The van der Waals surface area contributed by atoms with Crippen LogP contribution >= 0.6 is 0 Å². The molecular weight excluding hydrogens is 326 g/mol. The number of furan rings is 1. The minimum atomic E-state index is -0.0541. The maximum Gasteiger partial charge on any atom is 0.260 e. The van der Waals surface area contributed by atoms with Crippen LogP contribution in [0.5, 0.6) is 0 Å². The van der Waals surface area contributed by atoms with E-state index in [0.717, 1.165) is 22.1 Å². The summed E-state index contributed by atoms with van der Waals surface area (Å²) in [5.41, 5.74) is 4.02. The van der Waals surface area contributed by atoms with Gasteiger partial charge in [0.2, 0.25) is 0 Å². The van der Waals surface area contributed by atoms with Crippen molar-refractivity contribution in [1.29, 1.82) is 0 Å². The molecule has 4 rings (SSSR count). The molecule has 5 heteroatoms. The Bertz CT molecular complexity index is 1140. The molecule has 4 aromatic rings. The van der Waals surface area contributed by atoms with Crippen LogP contribution in [0.2, 0.25) is 0 Å². The zero-order valence-corrected chi connectivity index (χ0v) is 14.9. The van der Waals surface area contributed by atoms with Crippen LogP contribution in [0, 0.1) is 6.92 Å². The summed E-state index contributed by atoms with van der Waals surface area (Å²) >= 11 is 0. The van der Waals surface area contributed by atoms with Crippen molar-refractivity contribution in [3.05, 3.63) is 71.3 Å². The average Bonchev–Trinajstić information content (AvgIpc) is 3.15. The Hall–Kier alpha value is -3.21. The van der Waals surface area contributed by atoms with E-state index in [2.05, 4.69) is 9.97 Å². The van der Waals surface area contributed by atoms with Crippen molar-refractivity contribution >= 4 is 11.0 Å². The van der Waals surface area contributed by atoms with E-state index in [0.29, 0.717) is 17.0 Å². The van der Waals surface area contributed by atoms with Crippen molar-refractivity contribution in [3.8, 4) is 22.3 Å². The lowest BCUT2D eigenvalue weighted by atomic mass is 9.96. The van der Waals surface area contributed by atoms with E-state index in [1.54, 1.807) is 23.3 Å². The van der Waals surface area contributed by atoms with Crippen molar-refractivity contribution in [2.75, 3.05) is 0 Å². The molecule has 0 aliphatic carbocycles. The Morgan fingerprint density at radius 1 is 1.08 bits per heavy atom. The van der Waals surface area contributed by atoms with Gasteiger partial charge in [-0.25, -0.2) is 9.97 Å². The second-order valence-corrected chi connectivity index (χ2v) is 6.58. The first-order valence-electron chi connectivity index (χ1n) is 8.57. The maximum absolute atomic E-state index is 13.3. The molecule has 5 nitrogen and oxygen atoms in total. The second kappa shape index (κ2) is 6.26. The highest BCUT2D eigenvalue weighted by atomic mass is 16.3. The summed E-state index contributed by atoms with van der Waals surface area (Å²) in [6.45, 7) is 5.81. The first-order valence-corrected chi connectivity index (χ1v) is 8.57. The number of nitrogens with zero attached hydrogens (tertiary/aromatic N) is 3. The molecule has 0 fully saturated rings. The Morgan fingerprint density at radius 3 is 2.54 bits per heavy atom. The van der Waals surface area contributed by atoms with Gasteiger partial charge in [0.25, 0.3) is 5.56 Å². The summed E-state index contributed by atoms with van der Waals surface area (Å²) in [5.74, 6) is 0.651. The van der Waals surface area contributed by atoms with Gasteiger partial charge < -0.3 is 4.42 Å².